The van der Waals surface area contributed by atoms with Crippen molar-refractivity contribution in [2.45, 2.75) is 11.8 Å². The molecule has 0 saturated heterocycles. The normalized spacial score (nSPS) is 14.4. The highest BCUT2D eigenvalue weighted by Crippen LogP contribution is 2.56. The first-order valence-corrected chi connectivity index (χ1v) is 22.2. The highest BCUT2D eigenvalue weighted by atomic mass is 15.0. The monoisotopic (exact) mass is 843 g/mol. The molecule has 2 unspecified atom stereocenters. The van der Waals surface area contributed by atoms with E-state index in [1.54, 1.807) is 0 Å². The van der Waals surface area contributed by atoms with E-state index in [9.17, 15) is 0 Å². The van der Waals surface area contributed by atoms with Gasteiger partial charge in [0.25, 0.3) is 0 Å². The summed E-state index contributed by atoms with van der Waals surface area (Å²) < 4.78 is 0. The Hall–Kier alpha value is -8.81. The van der Waals surface area contributed by atoms with Crippen molar-refractivity contribution < 1.29 is 0 Å². The summed E-state index contributed by atoms with van der Waals surface area (Å²) in [5.41, 5.74) is 16.4. The smallest absolute Gasteiger partial charge is 0.164 e. The van der Waals surface area contributed by atoms with Gasteiger partial charge < -0.3 is 0 Å². The first kappa shape index (κ1) is 37.7. The number of para-hydroxylation sites is 1. The molecule has 0 fully saturated rings. The molecule has 3 aromatic heterocycles. The highest BCUT2D eigenvalue weighted by molar-refractivity contribution is 5.84. The molecule has 14 rings (SSSR count). The van der Waals surface area contributed by atoms with Gasteiger partial charge in [0.05, 0.1) is 5.52 Å². The summed E-state index contributed by atoms with van der Waals surface area (Å²) in [4.78, 5) is 35.4. The molecule has 0 N–H and O–H groups in total. The second-order valence-electron chi connectivity index (χ2n) is 16.9. The second-order valence-corrected chi connectivity index (χ2v) is 16.9. The lowest BCUT2D eigenvalue weighted by Gasteiger charge is -2.42. The number of fused-ring (bicyclic) bond motifs is 1. The lowest BCUT2D eigenvalue weighted by Crippen LogP contribution is -2.27. The van der Waals surface area contributed by atoms with Crippen LogP contribution in [0.1, 0.15) is 45.2 Å². The molecule has 0 spiro atoms. The molecule has 3 aliphatic carbocycles. The number of aromatic nitrogens is 7. The van der Waals surface area contributed by atoms with E-state index in [0.29, 0.717) is 34.9 Å². The van der Waals surface area contributed by atoms with Crippen LogP contribution >= 0.6 is 0 Å². The van der Waals surface area contributed by atoms with Crippen LogP contribution in [0.5, 0.6) is 0 Å². The van der Waals surface area contributed by atoms with Crippen molar-refractivity contribution in [3.05, 3.63) is 246 Å². The van der Waals surface area contributed by atoms with Gasteiger partial charge in [-0.25, -0.2) is 29.9 Å². The van der Waals surface area contributed by atoms with E-state index < -0.39 is 0 Å². The molecule has 2 bridgehead atoms. The predicted octanol–water partition coefficient (Wildman–Crippen LogP) is 13.3. The van der Waals surface area contributed by atoms with Gasteiger partial charge in [-0.15, -0.1) is 0 Å². The molecule has 8 aromatic carbocycles. The SMILES string of the molecule is c1ccc(-c2nc(-c3ccccc3)nc(-c3ccc4c(c3)C3c5ccccc5C4c4cc(-c5nc(-c6ccccc6)nc(-c6cccc(-c7cnc8ccccc8c7)c6)n5)ccc43)n2)cc1. The van der Waals surface area contributed by atoms with Crippen molar-refractivity contribution in [3.8, 4) is 79.5 Å². The summed E-state index contributed by atoms with van der Waals surface area (Å²) in [6.45, 7) is 0. The molecule has 0 radical (unpaired) electrons. The van der Waals surface area contributed by atoms with Crippen LogP contribution in [-0.4, -0.2) is 34.9 Å². The quantitative estimate of drug-likeness (QED) is 0.158. The molecule has 7 heteroatoms. The molecular weight excluding hydrogens is 807 g/mol. The van der Waals surface area contributed by atoms with Crippen molar-refractivity contribution in [2.24, 2.45) is 0 Å². The Labute approximate surface area is 381 Å². The minimum Gasteiger partial charge on any atom is -0.256 e. The van der Waals surface area contributed by atoms with Gasteiger partial charge in [0, 0.05) is 62.4 Å². The van der Waals surface area contributed by atoms with E-state index in [2.05, 4.69) is 109 Å². The van der Waals surface area contributed by atoms with Crippen molar-refractivity contribution in [3.63, 3.8) is 0 Å². The van der Waals surface area contributed by atoms with Crippen LogP contribution in [0, 0.1) is 0 Å². The van der Waals surface area contributed by atoms with Crippen LogP contribution in [-0.2, 0) is 0 Å². The number of hydrogen-bond donors (Lipinski definition) is 0. The Bertz CT molecular complexity index is 3610. The lowest BCUT2D eigenvalue weighted by molar-refractivity contribution is 0.754. The third-order valence-electron chi connectivity index (χ3n) is 13.0. The topological polar surface area (TPSA) is 90.2 Å². The molecule has 0 amide bonds. The van der Waals surface area contributed by atoms with Crippen LogP contribution < -0.4 is 0 Å². The molecule has 7 nitrogen and oxygen atoms in total. The first-order chi connectivity index (χ1) is 32.7. The van der Waals surface area contributed by atoms with Gasteiger partial charge in [0.2, 0.25) is 0 Å². The zero-order valence-electron chi connectivity index (χ0n) is 35.5. The Morgan fingerprint density at radius 2 is 0.621 bits per heavy atom. The zero-order chi connectivity index (χ0) is 43.6. The van der Waals surface area contributed by atoms with Crippen LogP contribution in [0.4, 0.5) is 0 Å². The number of benzene rings is 8. The van der Waals surface area contributed by atoms with E-state index >= 15 is 0 Å². The van der Waals surface area contributed by atoms with E-state index in [1.807, 2.05) is 103 Å². The predicted molar refractivity (Wildman–Crippen MR) is 261 cm³/mol. The minimum atomic E-state index is 0.0189. The lowest BCUT2D eigenvalue weighted by atomic mass is 9.61. The number of pyridine rings is 1. The van der Waals surface area contributed by atoms with E-state index in [1.165, 1.54) is 33.4 Å². The summed E-state index contributed by atoms with van der Waals surface area (Å²) in [7, 11) is 0. The Kier molecular flexibility index (Phi) is 8.84. The molecule has 2 atom stereocenters. The minimum absolute atomic E-state index is 0.0189. The average molecular weight is 844 g/mol. The van der Waals surface area contributed by atoms with Gasteiger partial charge in [-0.05, 0) is 69.3 Å². The molecule has 0 aliphatic heterocycles. The molecule has 3 heterocycles. The van der Waals surface area contributed by atoms with Crippen molar-refractivity contribution in [1.29, 1.82) is 0 Å². The molecule has 0 saturated carbocycles. The van der Waals surface area contributed by atoms with Gasteiger partial charge in [0.1, 0.15) is 0 Å². The van der Waals surface area contributed by atoms with Crippen LogP contribution in [0.2, 0.25) is 0 Å². The average Bonchev–Trinajstić information content (AvgIpc) is 3.40. The maximum Gasteiger partial charge on any atom is 0.164 e. The summed E-state index contributed by atoms with van der Waals surface area (Å²) in [5.74, 6) is 3.85. The van der Waals surface area contributed by atoms with Gasteiger partial charge >= 0.3 is 0 Å². The van der Waals surface area contributed by atoms with Crippen LogP contribution in [0.3, 0.4) is 0 Å². The van der Waals surface area contributed by atoms with Gasteiger partial charge in [0.15, 0.2) is 34.9 Å². The molecule has 66 heavy (non-hydrogen) atoms. The third kappa shape index (κ3) is 6.48. The van der Waals surface area contributed by atoms with Crippen molar-refractivity contribution >= 4 is 10.9 Å². The fraction of sp³-hybridized carbons (Fsp3) is 0.0339. The van der Waals surface area contributed by atoms with Crippen molar-refractivity contribution in [1.82, 2.24) is 34.9 Å². The van der Waals surface area contributed by atoms with Crippen molar-refractivity contribution in [2.75, 3.05) is 0 Å². The standard InChI is InChI=1S/C59H37N7/c1-4-15-36(16-5-1)54-61-55(37-17-6-2-7-18-37)64-58(63-54)42-27-29-47-49(33-42)52-45-24-11-12-25-46(45)53(47)50-34-43(28-30-48(50)52)59-65-56(38-19-8-3-9-20-38)62-57(66-59)41-23-14-22-39(31-41)44-32-40-21-10-13-26-51(40)60-35-44/h1-35,52-53H. The number of nitrogens with zero attached hydrogens (tertiary/aromatic N) is 7. The first-order valence-electron chi connectivity index (χ1n) is 22.2. The van der Waals surface area contributed by atoms with E-state index in [-0.39, 0.29) is 11.8 Å². The maximum absolute atomic E-state index is 5.23. The fourth-order valence-corrected chi connectivity index (χ4v) is 9.85. The zero-order valence-corrected chi connectivity index (χ0v) is 35.5. The Morgan fingerprint density at radius 3 is 1.12 bits per heavy atom. The molecule has 308 valence electrons. The molecule has 3 aliphatic rings. The Balaban J connectivity index is 0.921. The van der Waals surface area contributed by atoms with E-state index in [4.69, 9.17) is 34.9 Å². The number of hydrogen-bond acceptors (Lipinski definition) is 7. The second kappa shape index (κ2) is 15.5. The van der Waals surface area contributed by atoms with Crippen LogP contribution in [0.15, 0.2) is 212 Å². The fourth-order valence-electron chi connectivity index (χ4n) is 9.85. The molecular formula is C59H37N7. The number of rotatable bonds is 7. The highest BCUT2D eigenvalue weighted by Gasteiger charge is 2.41. The van der Waals surface area contributed by atoms with Gasteiger partial charge in [-0.1, -0.05) is 176 Å². The van der Waals surface area contributed by atoms with Gasteiger partial charge in [-0.2, -0.15) is 0 Å². The summed E-state index contributed by atoms with van der Waals surface area (Å²) in [6, 6.07) is 71.6. The Morgan fingerprint density at radius 1 is 0.242 bits per heavy atom. The van der Waals surface area contributed by atoms with Gasteiger partial charge in [-0.3, -0.25) is 4.98 Å². The third-order valence-corrected chi connectivity index (χ3v) is 13.0. The maximum atomic E-state index is 5.23. The van der Waals surface area contributed by atoms with E-state index in [0.717, 1.165) is 55.4 Å². The van der Waals surface area contributed by atoms with Crippen LogP contribution in [0.25, 0.3) is 90.4 Å². The summed E-state index contributed by atoms with van der Waals surface area (Å²) in [5, 5.41) is 1.10. The summed E-state index contributed by atoms with van der Waals surface area (Å²) in [6.07, 6.45) is 1.93. The largest absolute Gasteiger partial charge is 0.256 e. The molecule has 11 aromatic rings. The summed E-state index contributed by atoms with van der Waals surface area (Å²) >= 11 is 0.